The molecule has 1 atom stereocenters. The number of amides is 2. The van der Waals surface area contributed by atoms with Crippen molar-refractivity contribution >= 4 is 17.5 Å². The maximum Gasteiger partial charge on any atom is 0.251 e. The van der Waals surface area contributed by atoms with Gasteiger partial charge in [-0.25, -0.2) is 0 Å². The molecule has 0 saturated carbocycles. The molecule has 0 aliphatic heterocycles. The fraction of sp³-hybridized carbons (Fsp3) is 0.529. The minimum Gasteiger partial charge on any atom is -0.350 e. The van der Waals surface area contributed by atoms with Gasteiger partial charge in [-0.3, -0.25) is 9.59 Å². The van der Waals surface area contributed by atoms with Gasteiger partial charge in [0.25, 0.3) is 5.91 Å². The molecule has 122 valence electrons. The number of carbonyl (C=O) groups excluding carboxylic acids is 2. The number of anilines is 1. The topological polar surface area (TPSA) is 70.2 Å². The van der Waals surface area contributed by atoms with Crippen molar-refractivity contribution in [3.8, 4) is 0 Å². The second-order valence-electron chi connectivity index (χ2n) is 6.08. The molecule has 0 aromatic heterocycles. The molecular weight excluding hydrogens is 278 g/mol. The molecular formula is C17H27N3O2. The Bertz CT molecular complexity index is 527. The Balaban J connectivity index is 2.68. The molecule has 0 fully saturated rings. The Kier molecular flexibility index (Phi) is 7.05. The van der Waals surface area contributed by atoms with Crippen LogP contribution < -0.4 is 16.0 Å². The summed E-state index contributed by atoms with van der Waals surface area (Å²) in [5.74, 6) is 0.211. The van der Waals surface area contributed by atoms with E-state index in [0.717, 1.165) is 11.3 Å². The smallest absolute Gasteiger partial charge is 0.251 e. The fourth-order valence-electron chi connectivity index (χ4n) is 1.97. The highest BCUT2D eigenvalue weighted by molar-refractivity contribution is 5.96. The lowest BCUT2D eigenvalue weighted by molar-refractivity contribution is -0.116. The lowest BCUT2D eigenvalue weighted by Crippen LogP contribution is -2.37. The molecule has 5 nitrogen and oxygen atoms in total. The fourth-order valence-corrected chi connectivity index (χ4v) is 1.97. The Morgan fingerprint density at radius 1 is 1.18 bits per heavy atom. The van der Waals surface area contributed by atoms with Crippen molar-refractivity contribution in [1.82, 2.24) is 10.6 Å². The molecule has 3 N–H and O–H groups in total. The van der Waals surface area contributed by atoms with Gasteiger partial charge in [-0.1, -0.05) is 13.8 Å². The molecule has 2 amide bonds. The first kappa shape index (κ1) is 18.2. The quantitative estimate of drug-likeness (QED) is 0.724. The molecule has 0 heterocycles. The zero-order valence-corrected chi connectivity index (χ0v) is 14.1. The summed E-state index contributed by atoms with van der Waals surface area (Å²) in [6.07, 6.45) is 0.490. The Morgan fingerprint density at radius 3 is 2.41 bits per heavy atom. The molecule has 1 aromatic carbocycles. The summed E-state index contributed by atoms with van der Waals surface area (Å²) in [6, 6.07) is 5.53. The van der Waals surface area contributed by atoms with Gasteiger partial charge >= 0.3 is 0 Å². The normalized spacial score (nSPS) is 12.1. The molecule has 5 heteroatoms. The summed E-state index contributed by atoms with van der Waals surface area (Å²) in [4.78, 5) is 23.9. The average Bonchev–Trinajstić information content (AvgIpc) is 2.45. The average molecular weight is 305 g/mol. The largest absolute Gasteiger partial charge is 0.350 e. The number of rotatable bonds is 7. The number of hydrogen-bond donors (Lipinski definition) is 3. The van der Waals surface area contributed by atoms with Gasteiger partial charge in [-0.2, -0.15) is 0 Å². The van der Waals surface area contributed by atoms with E-state index in [0.29, 0.717) is 24.4 Å². The number of likely N-dealkylation sites (N-methyl/N-ethyl adjacent to an activating group) is 1. The van der Waals surface area contributed by atoms with Crippen LogP contribution in [0, 0.1) is 12.8 Å². The molecule has 0 spiro atoms. The van der Waals surface area contributed by atoms with E-state index >= 15 is 0 Å². The van der Waals surface area contributed by atoms with E-state index in [2.05, 4.69) is 16.0 Å². The molecule has 0 bridgehead atoms. The van der Waals surface area contributed by atoms with Gasteiger partial charge in [-0.15, -0.1) is 0 Å². The van der Waals surface area contributed by atoms with E-state index in [1.807, 2.05) is 34.7 Å². The molecule has 1 unspecified atom stereocenters. The van der Waals surface area contributed by atoms with Crippen molar-refractivity contribution in [2.24, 2.45) is 5.92 Å². The van der Waals surface area contributed by atoms with Gasteiger partial charge in [0.15, 0.2) is 0 Å². The zero-order valence-electron chi connectivity index (χ0n) is 14.1. The zero-order chi connectivity index (χ0) is 16.7. The molecule has 1 aromatic rings. The van der Waals surface area contributed by atoms with Crippen molar-refractivity contribution < 1.29 is 9.59 Å². The van der Waals surface area contributed by atoms with E-state index in [1.54, 1.807) is 18.2 Å². The van der Waals surface area contributed by atoms with Gasteiger partial charge < -0.3 is 16.0 Å². The number of carbonyl (C=O) groups is 2. The molecule has 0 radical (unpaired) electrons. The second-order valence-corrected chi connectivity index (χ2v) is 6.08. The summed E-state index contributed by atoms with van der Waals surface area (Å²) in [5, 5.41) is 8.83. The molecule has 1 rings (SSSR count). The monoisotopic (exact) mass is 305 g/mol. The first-order valence-electron chi connectivity index (χ1n) is 7.69. The standard InChI is InChI=1S/C17H27N3O2/c1-11(2)8-16(21)20-15-7-6-14(9-12(15)3)17(22)19-10-13(4)18-5/h6-7,9,11,13,18H,8,10H2,1-5H3,(H,19,22)(H,20,21). The van der Waals surface area contributed by atoms with E-state index in [1.165, 1.54) is 0 Å². The first-order valence-corrected chi connectivity index (χ1v) is 7.69. The maximum atomic E-state index is 12.1. The van der Waals surface area contributed by atoms with Crippen LogP contribution in [0.2, 0.25) is 0 Å². The maximum absolute atomic E-state index is 12.1. The molecule has 0 saturated heterocycles. The van der Waals surface area contributed by atoms with Gasteiger partial charge in [-0.05, 0) is 50.6 Å². The Hall–Kier alpha value is -1.88. The van der Waals surface area contributed by atoms with E-state index in [9.17, 15) is 9.59 Å². The lowest BCUT2D eigenvalue weighted by atomic mass is 10.1. The Morgan fingerprint density at radius 2 is 1.86 bits per heavy atom. The minimum absolute atomic E-state index is 0.00172. The third-order valence-corrected chi connectivity index (χ3v) is 3.42. The van der Waals surface area contributed by atoms with Crippen molar-refractivity contribution in [3.63, 3.8) is 0 Å². The van der Waals surface area contributed by atoms with Gasteiger partial charge in [0, 0.05) is 30.3 Å². The summed E-state index contributed by atoms with van der Waals surface area (Å²) in [7, 11) is 1.86. The predicted octanol–water partition coefficient (Wildman–Crippen LogP) is 2.32. The SMILES string of the molecule is CNC(C)CNC(=O)c1ccc(NC(=O)CC(C)C)c(C)c1. The number of benzene rings is 1. The third kappa shape index (κ3) is 5.85. The highest BCUT2D eigenvalue weighted by atomic mass is 16.2. The third-order valence-electron chi connectivity index (χ3n) is 3.42. The van der Waals surface area contributed by atoms with Crippen LogP contribution in [0.15, 0.2) is 18.2 Å². The summed E-state index contributed by atoms with van der Waals surface area (Å²) < 4.78 is 0. The Labute approximate surface area is 132 Å². The summed E-state index contributed by atoms with van der Waals surface area (Å²) >= 11 is 0. The van der Waals surface area contributed by atoms with Crippen molar-refractivity contribution in [1.29, 1.82) is 0 Å². The van der Waals surface area contributed by atoms with Gasteiger partial charge in [0.05, 0.1) is 0 Å². The molecule has 0 aliphatic carbocycles. The first-order chi connectivity index (χ1) is 10.3. The van der Waals surface area contributed by atoms with Crippen LogP contribution in [-0.4, -0.2) is 31.4 Å². The highest BCUT2D eigenvalue weighted by Crippen LogP contribution is 2.17. The summed E-state index contributed by atoms with van der Waals surface area (Å²) in [5.41, 5.74) is 2.24. The van der Waals surface area contributed by atoms with Crippen LogP contribution in [0.25, 0.3) is 0 Å². The second kappa shape index (κ2) is 8.54. The number of nitrogens with one attached hydrogen (secondary N) is 3. The van der Waals surface area contributed by atoms with Crippen LogP contribution in [0.3, 0.4) is 0 Å². The van der Waals surface area contributed by atoms with Gasteiger partial charge in [0.2, 0.25) is 5.91 Å². The van der Waals surface area contributed by atoms with Gasteiger partial charge in [0.1, 0.15) is 0 Å². The number of aryl methyl sites for hydroxylation is 1. The number of hydrogen-bond acceptors (Lipinski definition) is 3. The van der Waals surface area contributed by atoms with Crippen LogP contribution in [-0.2, 0) is 4.79 Å². The highest BCUT2D eigenvalue weighted by Gasteiger charge is 2.11. The predicted molar refractivity (Wildman–Crippen MR) is 90.1 cm³/mol. The van der Waals surface area contributed by atoms with E-state index < -0.39 is 0 Å². The van der Waals surface area contributed by atoms with Crippen LogP contribution in [0.4, 0.5) is 5.69 Å². The summed E-state index contributed by atoms with van der Waals surface area (Å²) in [6.45, 7) is 8.47. The van der Waals surface area contributed by atoms with Crippen molar-refractivity contribution in [3.05, 3.63) is 29.3 Å². The molecule has 22 heavy (non-hydrogen) atoms. The lowest BCUT2D eigenvalue weighted by Gasteiger charge is -2.13. The van der Waals surface area contributed by atoms with Crippen LogP contribution in [0.1, 0.15) is 43.1 Å². The minimum atomic E-state index is -0.106. The van der Waals surface area contributed by atoms with E-state index in [-0.39, 0.29) is 17.9 Å². The molecule has 0 aliphatic rings. The van der Waals surface area contributed by atoms with Crippen molar-refractivity contribution in [2.75, 3.05) is 18.9 Å². The van der Waals surface area contributed by atoms with E-state index in [4.69, 9.17) is 0 Å². The van der Waals surface area contributed by atoms with Crippen LogP contribution in [0.5, 0.6) is 0 Å². The van der Waals surface area contributed by atoms with Crippen molar-refractivity contribution in [2.45, 2.75) is 40.2 Å². The van der Waals surface area contributed by atoms with Crippen LogP contribution >= 0.6 is 0 Å².